The maximum atomic E-state index is 12.9. The van der Waals surface area contributed by atoms with E-state index in [9.17, 15) is 10.2 Å². The summed E-state index contributed by atoms with van der Waals surface area (Å²) < 4.78 is 36.4. The minimum atomic E-state index is -0.0323. The van der Waals surface area contributed by atoms with Crippen LogP contribution in [0.5, 0.6) is 46.0 Å². The van der Waals surface area contributed by atoms with Crippen LogP contribution in [0.15, 0.2) is 58.5 Å². The first-order valence-corrected chi connectivity index (χ1v) is 20.2. The van der Waals surface area contributed by atoms with Crippen LogP contribution < -0.4 is 28.4 Å². The molecule has 60 heavy (non-hydrogen) atoms. The van der Waals surface area contributed by atoms with Crippen molar-refractivity contribution in [3.8, 4) is 79.4 Å². The lowest BCUT2D eigenvalue weighted by Crippen LogP contribution is -2.19. The van der Waals surface area contributed by atoms with Gasteiger partial charge in [0.15, 0.2) is 0 Å². The van der Waals surface area contributed by atoms with Crippen LogP contribution >= 0.6 is 0 Å². The van der Waals surface area contributed by atoms with Crippen LogP contribution in [0.3, 0.4) is 0 Å². The summed E-state index contributed by atoms with van der Waals surface area (Å²) in [6, 6.07) is 15.3. The Morgan fingerprint density at radius 1 is 0.450 bits per heavy atom. The van der Waals surface area contributed by atoms with Gasteiger partial charge in [0.05, 0.1) is 65.5 Å². The fourth-order valence-corrected chi connectivity index (χ4v) is 10.1. The molecule has 2 N–H and O–H groups in total. The van der Waals surface area contributed by atoms with Gasteiger partial charge in [-0.25, -0.2) is 0 Å². The second-order valence-corrected chi connectivity index (χ2v) is 15.8. The molecule has 0 bridgehead atoms. The lowest BCUT2D eigenvalue weighted by molar-refractivity contribution is 0.393. The van der Waals surface area contributed by atoms with Gasteiger partial charge in [-0.05, 0) is 111 Å². The molecule has 2 heterocycles. The Morgan fingerprint density at radius 3 is 1.12 bits per heavy atom. The number of rotatable bonds is 9. The van der Waals surface area contributed by atoms with Gasteiger partial charge >= 0.3 is 0 Å². The average molecular weight is 809 g/mol. The molecule has 0 spiro atoms. The number of phenols is 2. The largest absolute Gasteiger partial charge is 0.506 e. The molecule has 2 aliphatic heterocycles. The van der Waals surface area contributed by atoms with Gasteiger partial charge in [-0.15, -0.1) is 0 Å². The summed E-state index contributed by atoms with van der Waals surface area (Å²) in [7, 11) is 9.82. The fourth-order valence-electron chi connectivity index (χ4n) is 10.1. The standard InChI is InChI=1S/C50H52N2O8/c1-23-19-31-43(27(5)51-23)35(57-9)21-37(59-11)45(31)39-25(3)41(49(53)47-29(39)15-13-17-33(47)55-7)42-26(4)40(30-16-14-18-34(56-8)48(30)50(42)54)46-32-20-24(2)52-28(6)44(32)36(58-10)22-38(46)60-12/h13-18,21-24,53-54H,19-20H2,1-12H3. The normalized spacial score (nSPS) is 15.9. The first kappa shape index (κ1) is 40.4. The maximum Gasteiger partial charge on any atom is 0.135 e. The number of phenolic OH excluding ortho intramolecular Hbond substituents is 2. The van der Waals surface area contributed by atoms with Gasteiger partial charge in [0.1, 0.15) is 46.0 Å². The monoisotopic (exact) mass is 808 g/mol. The number of nitrogens with zero attached hydrogens (tertiary/aromatic N) is 2. The van der Waals surface area contributed by atoms with Crippen LogP contribution in [-0.2, 0) is 12.8 Å². The Morgan fingerprint density at radius 2 is 0.783 bits per heavy atom. The summed E-state index contributed by atoms with van der Waals surface area (Å²) in [6.07, 6.45) is 1.25. The highest BCUT2D eigenvalue weighted by Gasteiger charge is 2.35. The zero-order chi connectivity index (χ0) is 42.9. The van der Waals surface area contributed by atoms with Crippen LogP contribution in [0.25, 0.3) is 54.9 Å². The van der Waals surface area contributed by atoms with E-state index in [4.69, 9.17) is 38.4 Å². The van der Waals surface area contributed by atoms with E-state index in [1.165, 1.54) is 0 Å². The molecule has 0 amide bonds. The van der Waals surface area contributed by atoms with Gasteiger partial charge in [-0.2, -0.15) is 0 Å². The third-order valence-electron chi connectivity index (χ3n) is 12.4. The van der Waals surface area contributed by atoms with Gasteiger partial charge in [0, 0.05) is 56.9 Å². The quantitative estimate of drug-likeness (QED) is 0.148. The highest BCUT2D eigenvalue weighted by Crippen LogP contribution is 2.58. The van der Waals surface area contributed by atoms with E-state index < -0.39 is 0 Å². The van der Waals surface area contributed by atoms with E-state index in [0.717, 1.165) is 77.8 Å². The van der Waals surface area contributed by atoms with Gasteiger partial charge in [-0.3, -0.25) is 9.98 Å². The van der Waals surface area contributed by atoms with Crippen LogP contribution in [0, 0.1) is 13.8 Å². The summed E-state index contributed by atoms with van der Waals surface area (Å²) in [5, 5.41) is 28.3. The van der Waals surface area contributed by atoms with Gasteiger partial charge in [-0.1, -0.05) is 24.3 Å². The smallest absolute Gasteiger partial charge is 0.135 e. The zero-order valence-electron chi connectivity index (χ0n) is 36.4. The van der Waals surface area contributed by atoms with Crippen molar-refractivity contribution in [2.75, 3.05) is 42.7 Å². The van der Waals surface area contributed by atoms with Crippen molar-refractivity contribution in [3.05, 3.63) is 81.9 Å². The molecule has 6 aromatic carbocycles. The van der Waals surface area contributed by atoms with E-state index in [1.54, 1.807) is 42.7 Å². The average Bonchev–Trinajstić information content (AvgIpc) is 3.23. The Balaban J connectivity index is 1.61. The van der Waals surface area contributed by atoms with E-state index in [2.05, 4.69) is 13.8 Å². The summed E-state index contributed by atoms with van der Waals surface area (Å²) in [6.45, 7) is 12.2. The number of benzene rings is 6. The number of hydrogen-bond donors (Lipinski definition) is 2. The molecule has 10 nitrogen and oxygen atoms in total. The molecule has 2 unspecified atom stereocenters. The van der Waals surface area contributed by atoms with Crippen molar-refractivity contribution in [1.29, 1.82) is 0 Å². The second kappa shape index (κ2) is 15.3. The predicted octanol–water partition coefficient (Wildman–Crippen LogP) is 10.6. The predicted molar refractivity (Wildman–Crippen MR) is 241 cm³/mol. The van der Waals surface area contributed by atoms with Crippen LogP contribution in [0.1, 0.15) is 61.1 Å². The molecule has 6 aromatic rings. The highest BCUT2D eigenvalue weighted by atomic mass is 16.5. The SMILES string of the molecule is COc1cc(OC)c(-c2c(C)c(-c3c(C)c(-c4c(OC)cc(OC)c5c4CC(C)N=C5C)c4cccc(OC)c4c3O)c(O)c3c(OC)cccc23)c2c1C(C)=NC(C)C2. The third kappa shape index (κ3) is 5.90. The van der Waals surface area contributed by atoms with E-state index in [0.29, 0.717) is 69.2 Å². The van der Waals surface area contributed by atoms with Crippen molar-refractivity contribution in [2.24, 2.45) is 9.98 Å². The first-order valence-electron chi connectivity index (χ1n) is 20.2. The molecule has 0 aliphatic carbocycles. The number of aliphatic imine (C=N–C) groups is 2. The van der Waals surface area contributed by atoms with E-state index in [1.807, 2.05) is 76.2 Å². The molecular weight excluding hydrogens is 757 g/mol. The second-order valence-electron chi connectivity index (χ2n) is 15.8. The van der Waals surface area contributed by atoms with Crippen LogP contribution in [0.4, 0.5) is 0 Å². The summed E-state index contributed by atoms with van der Waals surface area (Å²) in [5.41, 5.74) is 11.3. The molecule has 0 radical (unpaired) electrons. The molecule has 0 saturated carbocycles. The highest BCUT2D eigenvalue weighted by molar-refractivity contribution is 6.17. The molecule has 10 heteroatoms. The molecule has 0 fully saturated rings. The lowest BCUT2D eigenvalue weighted by Gasteiger charge is -2.30. The van der Waals surface area contributed by atoms with Gasteiger partial charge < -0.3 is 38.6 Å². The van der Waals surface area contributed by atoms with Crippen molar-refractivity contribution in [1.82, 2.24) is 0 Å². The molecule has 0 aromatic heterocycles. The summed E-state index contributed by atoms with van der Waals surface area (Å²) >= 11 is 0. The van der Waals surface area contributed by atoms with E-state index >= 15 is 0 Å². The van der Waals surface area contributed by atoms with Crippen molar-refractivity contribution < 1.29 is 38.6 Å². The number of methoxy groups -OCH3 is 6. The minimum Gasteiger partial charge on any atom is -0.506 e. The van der Waals surface area contributed by atoms with Crippen molar-refractivity contribution in [3.63, 3.8) is 0 Å². The zero-order valence-corrected chi connectivity index (χ0v) is 36.4. The Kier molecular flexibility index (Phi) is 10.3. The topological polar surface area (TPSA) is 121 Å². The fraction of sp³-hybridized carbons (Fsp3) is 0.320. The maximum absolute atomic E-state index is 12.9. The van der Waals surface area contributed by atoms with Crippen LogP contribution in [0.2, 0.25) is 0 Å². The minimum absolute atomic E-state index is 0.00522. The summed E-state index contributed by atoms with van der Waals surface area (Å²) in [5.74, 6) is 3.45. The van der Waals surface area contributed by atoms with E-state index in [-0.39, 0.29) is 23.6 Å². The van der Waals surface area contributed by atoms with Gasteiger partial charge in [0.2, 0.25) is 0 Å². The third-order valence-corrected chi connectivity index (χ3v) is 12.4. The Bertz CT molecular complexity index is 2650. The molecule has 2 atom stereocenters. The molecule has 0 saturated heterocycles. The van der Waals surface area contributed by atoms with Gasteiger partial charge in [0.25, 0.3) is 0 Å². The van der Waals surface area contributed by atoms with Crippen molar-refractivity contribution >= 4 is 33.0 Å². The Labute approximate surface area is 351 Å². The number of ether oxygens (including phenoxy) is 6. The molecule has 310 valence electrons. The number of fused-ring (bicyclic) bond motifs is 4. The van der Waals surface area contributed by atoms with Crippen LogP contribution in [-0.4, -0.2) is 76.4 Å². The van der Waals surface area contributed by atoms with Crippen molar-refractivity contribution in [2.45, 2.75) is 66.5 Å². The number of hydrogen-bond acceptors (Lipinski definition) is 10. The Hall–Kier alpha value is -6.42. The summed E-state index contributed by atoms with van der Waals surface area (Å²) in [4.78, 5) is 9.90. The molecule has 2 aliphatic rings. The lowest BCUT2D eigenvalue weighted by atomic mass is 9.78. The first-order chi connectivity index (χ1) is 28.8. The molecular formula is C50H52N2O8. The number of aromatic hydroxyl groups is 2. The molecule has 8 rings (SSSR count).